The lowest BCUT2D eigenvalue weighted by molar-refractivity contribution is 0.0946. The molecule has 0 saturated carbocycles. The third kappa shape index (κ3) is 2.78. The highest BCUT2D eigenvalue weighted by Gasteiger charge is 2.18. The first kappa shape index (κ1) is 13.4. The van der Waals surface area contributed by atoms with Gasteiger partial charge in [0.1, 0.15) is 0 Å². The molecule has 1 N–H and O–H groups in total. The van der Waals surface area contributed by atoms with Gasteiger partial charge in [0.25, 0.3) is 5.91 Å². The van der Waals surface area contributed by atoms with Gasteiger partial charge in [0.05, 0.1) is 0 Å². The van der Waals surface area contributed by atoms with E-state index in [1.807, 2.05) is 12.1 Å². The summed E-state index contributed by atoms with van der Waals surface area (Å²) in [6.45, 7) is 0.743. The Kier molecular flexibility index (Phi) is 3.88. The van der Waals surface area contributed by atoms with Crippen molar-refractivity contribution in [2.24, 2.45) is 0 Å². The summed E-state index contributed by atoms with van der Waals surface area (Å²) in [5.41, 5.74) is 4.42. The molecule has 1 heterocycles. The van der Waals surface area contributed by atoms with E-state index in [0.29, 0.717) is 0 Å². The topological polar surface area (TPSA) is 29.1 Å². The summed E-state index contributed by atoms with van der Waals surface area (Å²) in [7, 11) is 0. The largest absolute Gasteiger partial charge is 0.352 e. The van der Waals surface area contributed by atoms with Gasteiger partial charge in [-0.05, 0) is 35.6 Å². The summed E-state index contributed by atoms with van der Waals surface area (Å²) in [5.74, 6) is 0.0486. The Bertz CT molecular complexity index is 624. The maximum absolute atomic E-state index is 11.9. The van der Waals surface area contributed by atoms with Gasteiger partial charge < -0.3 is 5.32 Å². The molecule has 0 spiro atoms. The fourth-order valence-corrected chi connectivity index (χ4v) is 3.22. The van der Waals surface area contributed by atoms with Gasteiger partial charge in [-0.1, -0.05) is 58.4 Å². The van der Waals surface area contributed by atoms with Crippen molar-refractivity contribution in [3.8, 4) is 0 Å². The van der Waals surface area contributed by atoms with E-state index >= 15 is 0 Å². The van der Waals surface area contributed by atoms with Gasteiger partial charge in [-0.15, -0.1) is 0 Å². The maximum Gasteiger partial charge on any atom is 0.251 e. The summed E-state index contributed by atoms with van der Waals surface area (Å²) in [4.78, 5) is 12.1. The molecule has 1 atom stereocenters. The normalized spacial score (nSPS) is 15.3. The van der Waals surface area contributed by atoms with Crippen molar-refractivity contribution < 1.29 is 4.79 Å². The number of nitrogens with one attached hydrogen (secondary N) is 1. The average molecular weight is 330 g/mol. The Morgan fingerprint density at radius 3 is 2.75 bits per heavy atom. The zero-order valence-corrected chi connectivity index (χ0v) is 12.7. The van der Waals surface area contributed by atoms with Crippen LogP contribution in [0, 0.1) is 0 Å². The van der Waals surface area contributed by atoms with Crippen LogP contribution in [0.2, 0.25) is 0 Å². The Morgan fingerprint density at radius 1 is 1.15 bits per heavy atom. The molecule has 1 aliphatic rings. The van der Waals surface area contributed by atoms with E-state index in [1.165, 1.54) is 5.56 Å². The number of rotatable bonds is 3. The zero-order chi connectivity index (χ0) is 13.9. The van der Waals surface area contributed by atoms with Gasteiger partial charge in [-0.3, -0.25) is 4.79 Å². The van der Waals surface area contributed by atoms with E-state index in [0.717, 1.165) is 36.1 Å². The standard InChI is InChI=1S/C17H16BrNO/c18-16(10-12-4-2-1-3-5-12)14-7-6-13-8-9-19-17(20)15(13)11-14/h1-7,11,16H,8-10H2,(H,19,20). The second-order valence-corrected chi connectivity index (χ2v) is 6.19. The van der Waals surface area contributed by atoms with Gasteiger partial charge >= 0.3 is 0 Å². The minimum Gasteiger partial charge on any atom is -0.352 e. The molecule has 102 valence electrons. The molecule has 2 aromatic rings. The molecule has 0 aromatic heterocycles. The van der Waals surface area contributed by atoms with E-state index in [1.54, 1.807) is 0 Å². The number of benzene rings is 2. The van der Waals surface area contributed by atoms with Gasteiger partial charge in [0.2, 0.25) is 0 Å². The fraction of sp³-hybridized carbons (Fsp3) is 0.235. The third-order valence-electron chi connectivity index (χ3n) is 3.68. The van der Waals surface area contributed by atoms with Crippen LogP contribution in [-0.4, -0.2) is 12.5 Å². The van der Waals surface area contributed by atoms with E-state index < -0.39 is 0 Å². The quantitative estimate of drug-likeness (QED) is 0.855. The first-order valence-corrected chi connectivity index (χ1v) is 7.74. The molecule has 0 bridgehead atoms. The third-order valence-corrected chi connectivity index (χ3v) is 4.53. The number of amides is 1. The van der Waals surface area contributed by atoms with Gasteiger partial charge in [0.15, 0.2) is 0 Å². The van der Waals surface area contributed by atoms with Crippen molar-refractivity contribution in [3.63, 3.8) is 0 Å². The van der Waals surface area contributed by atoms with Crippen LogP contribution < -0.4 is 5.32 Å². The van der Waals surface area contributed by atoms with Crippen molar-refractivity contribution in [2.45, 2.75) is 17.7 Å². The van der Waals surface area contributed by atoms with Crippen molar-refractivity contribution in [2.75, 3.05) is 6.54 Å². The molecule has 0 fully saturated rings. The van der Waals surface area contributed by atoms with Crippen LogP contribution in [0.5, 0.6) is 0 Å². The molecule has 0 saturated heterocycles. The first-order valence-electron chi connectivity index (χ1n) is 6.83. The summed E-state index contributed by atoms with van der Waals surface area (Å²) in [5, 5.41) is 2.90. The SMILES string of the molecule is O=C1NCCc2ccc(C(Br)Cc3ccccc3)cc21. The zero-order valence-electron chi connectivity index (χ0n) is 11.1. The van der Waals surface area contributed by atoms with E-state index in [9.17, 15) is 4.79 Å². The predicted octanol–water partition coefficient (Wildman–Crippen LogP) is 3.65. The monoisotopic (exact) mass is 329 g/mol. The molecule has 20 heavy (non-hydrogen) atoms. The lowest BCUT2D eigenvalue weighted by atomic mass is 9.95. The highest BCUT2D eigenvalue weighted by atomic mass is 79.9. The second-order valence-electron chi connectivity index (χ2n) is 5.08. The summed E-state index contributed by atoms with van der Waals surface area (Å²) in [6, 6.07) is 16.6. The lowest BCUT2D eigenvalue weighted by Gasteiger charge is -2.19. The fourth-order valence-electron chi connectivity index (χ4n) is 2.56. The molecule has 1 aliphatic heterocycles. The van der Waals surface area contributed by atoms with Crippen LogP contribution in [0.1, 0.15) is 31.9 Å². The minimum absolute atomic E-state index is 0.0486. The van der Waals surface area contributed by atoms with Crippen LogP contribution in [0.4, 0.5) is 0 Å². The van der Waals surface area contributed by atoms with Crippen LogP contribution in [0.3, 0.4) is 0 Å². The van der Waals surface area contributed by atoms with Crippen LogP contribution in [-0.2, 0) is 12.8 Å². The smallest absolute Gasteiger partial charge is 0.251 e. The second kappa shape index (κ2) is 5.80. The highest BCUT2D eigenvalue weighted by molar-refractivity contribution is 9.09. The summed E-state index contributed by atoms with van der Waals surface area (Å²) in [6.07, 6.45) is 1.84. The predicted molar refractivity (Wildman–Crippen MR) is 84.3 cm³/mol. The van der Waals surface area contributed by atoms with Crippen molar-refractivity contribution in [3.05, 3.63) is 70.8 Å². The van der Waals surface area contributed by atoms with E-state index in [4.69, 9.17) is 0 Å². The molecule has 2 aromatic carbocycles. The molecular weight excluding hydrogens is 314 g/mol. The molecule has 2 nitrogen and oxygen atoms in total. The summed E-state index contributed by atoms with van der Waals surface area (Å²) >= 11 is 3.74. The Balaban J connectivity index is 1.83. The minimum atomic E-state index is 0.0486. The van der Waals surface area contributed by atoms with E-state index in [-0.39, 0.29) is 10.7 Å². The Labute approximate surface area is 127 Å². The van der Waals surface area contributed by atoms with Crippen LogP contribution in [0.25, 0.3) is 0 Å². The highest BCUT2D eigenvalue weighted by Crippen LogP contribution is 2.29. The average Bonchev–Trinajstić information content (AvgIpc) is 2.48. The van der Waals surface area contributed by atoms with Crippen molar-refractivity contribution in [1.29, 1.82) is 0 Å². The number of carbonyl (C=O) groups excluding carboxylic acids is 1. The molecule has 1 unspecified atom stereocenters. The molecule has 3 rings (SSSR count). The number of hydrogen-bond acceptors (Lipinski definition) is 1. The molecule has 1 amide bonds. The Hall–Kier alpha value is -1.61. The van der Waals surface area contributed by atoms with Crippen molar-refractivity contribution in [1.82, 2.24) is 5.32 Å². The van der Waals surface area contributed by atoms with Crippen LogP contribution >= 0.6 is 15.9 Å². The van der Waals surface area contributed by atoms with E-state index in [2.05, 4.69) is 57.6 Å². The molecule has 3 heteroatoms. The first-order chi connectivity index (χ1) is 9.74. The number of hydrogen-bond donors (Lipinski definition) is 1. The lowest BCUT2D eigenvalue weighted by Crippen LogP contribution is -2.31. The molecular formula is C17H16BrNO. The maximum atomic E-state index is 11.9. The molecule has 0 aliphatic carbocycles. The van der Waals surface area contributed by atoms with Gasteiger partial charge in [-0.25, -0.2) is 0 Å². The number of alkyl halides is 1. The van der Waals surface area contributed by atoms with Crippen molar-refractivity contribution >= 4 is 21.8 Å². The van der Waals surface area contributed by atoms with Gasteiger partial charge in [-0.2, -0.15) is 0 Å². The summed E-state index contributed by atoms with van der Waals surface area (Å²) < 4.78 is 0. The van der Waals surface area contributed by atoms with Gasteiger partial charge in [0, 0.05) is 16.9 Å². The number of halogens is 1. The number of fused-ring (bicyclic) bond motifs is 1. The molecule has 0 radical (unpaired) electrons. The Morgan fingerprint density at radius 2 is 1.95 bits per heavy atom. The number of carbonyl (C=O) groups is 1. The van der Waals surface area contributed by atoms with Crippen LogP contribution in [0.15, 0.2) is 48.5 Å².